The number of ether oxygens (including phenoxy) is 3. The third-order valence-electron chi connectivity index (χ3n) is 2.63. The van der Waals surface area contributed by atoms with Crippen LogP contribution in [-0.2, 0) is 17.8 Å². The van der Waals surface area contributed by atoms with Gasteiger partial charge in [0.1, 0.15) is 0 Å². The molecule has 0 atom stereocenters. The fourth-order valence-electron chi connectivity index (χ4n) is 1.88. The van der Waals surface area contributed by atoms with E-state index < -0.39 is 0 Å². The SMILES string of the molecule is COCc1c(CCCO)ccc2c1OCO2. The van der Waals surface area contributed by atoms with Crippen LogP contribution in [0.4, 0.5) is 0 Å². The molecular formula is C12H16O4. The van der Waals surface area contributed by atoms with Crippen molar-refractivity contribution >= 4 is 0 Å². The van der Waals surface area contributed by atoms with Crippen molar-refractivity contribution in [3.8, 4) is 11.5 Å². The second kappa shape index (κ2) is 5.18. The molecule has 0 spiro atoms. The Morgan fingerprint density at radius 2 is 2.25 bits per heavy atom. The monoisotopic (exact) mass is 224 g/mol. The van der Waals surface area contributed by atoms with E-state index in [0.29, 0.717) is 6.61 Å². The molecule has 16 heavy (non-hydrogen) atoms. The molecule has 0 radical (unpaired) electrons. The number of aryl methyl sites for hydroxylation is 1. The average Bonchev–Trinajstić information content (AvgIpc) is 2.76. The lowest BCUT2D eigenvalue weighted by Crippen LogP contribution is -2.00. The van der Waals surface area contributed by atoms with Gasteiger partial charge in [0, 0.05) is 19.3 Å². The fraction of sp³-hybridized carbons (Fsp3) is 0.500. The predicted molar refractivity (Wildman–Crippen MR) is 58.7 cm³/mol. The van der Waals surface area contributed by atoms with E-state index in [4.69, 9.17) is 19.3 Å². The molecule has 0 fully saturated rings. The van der Waals surface area contributed by atoms with Crippen LogP contribution in [0.25, 0.3) is 0 Å². The minimum Gasteiger partial charge on any atom is -0.454 e. The molecule has 0 saturated heterocycles. The Morgan fingerprint density at radius 1 is 1.38 bits per heavy atom. The summed E-state index contributed by atoms with van der Waals surface area (Å²) in [5, 5.41) is 8.85. The van der Waals surface area contributed by atoms with Gasteiger partial charge >= 0.3 is 0 Å². The van der Waals surface area contributed by atoms with E-state index in [0.717, 1.165) is 35.5 Å². The van der Waals surface area contributed by atoms with E-state index in [2.05, 4.69) is 0 Å². The summed E-state index contributed by atoms with van der Waals surface area (Å²) in [4.78, 5) is 0. The van der Waals surface area contributed by atoms with Gasteiger partial charge in [-0.1, -0.05) is 6.07 Å². The largest absolute Gasteiger partial charge is 0.454 e. The van der Waals surface area contributed by atoms with Crippen LogP contribution in [0.3, 0.4) is 0 Å². The van der Waals surface area contributed by atoms with Crippen LogP contribution in [0.15, 0.2) is 12.1 Å². The van der Waals surface area contributed by atoms with Gasteiger partial charge < -0.3 is 19.3 Å². The molecule has 1 aliphatic rings. The number of benzene rings is 1. The van der Waals surface area contributed by atoms with Crippen LogP contribution in [0.5, 0.6) is 11.5 Å². The quantitative estimate of drug-likeness (QED) is 0.823. The van der Waals surface area contributed by atoms with Gasteiger partial charge in [-0.2, -0.15) is 0 Å². The molecule has 4 nitrogen and oxygen atoms in total. The van der Waals surface area contributed by atoms with Crippen molar-refractivity contribution in [2.24, 2.45) is 0 Å². The molecule has 88 valence electrons. The molecule has 0 amide bonds. The minimum atomic E-state index is 0.195. The molecule has 0 unspecified atom stereocenters. The highest BCUT2D eigenvalue weighted by atomic mass is 16.7. The third-order valence-corrected chi connectivity index (χ3v) is 2.63. The van der Waals surface area contributed by atoms with Crippen LogP contribution >= 0.6 is 0 Å². The number of hydrogen-bond acceptors (Lipinski definition) is 4. The number of methoxy groups -OCH3 is 1. The number of aliphatic hydroxyl groups excluding tert-OH is 1. The molecule has 1 heterocycles. The van der Waals surface area contributed by atoms with Gasteiger partial charge in [0.2, 0.25) is 6.79 Å². The Hall–Kier alpha value is -1.26. The van der Waals surface area contributed by atoms with Gasteiger partial charge in [-0.05, 0) is 24.5 Å². The number of aliphatic hydroxyl groups is 1. The maximum Gasteiger partial charge on any atom is 0.231 e. The molecule has 2 rings (SSSR count). The van der Waals surface area contributed by atoms with Crippen molar-refractivity contribution in [1.82, 2.24) is 0 Å². The molecule has 1 aromatic carbocycles. The van der Waals surface area contributed by atoms with Gasteiger partial charge in [-0.15, -0.1) is 0 Å². The second-order valence-electron chi connectivity index (χ2n) is 3.70. The summed E-state index contributed by atoms with van der Waals surface area (Å²) >= 11 is 0. The van der Waals surface area contributed by atoms with Crippen LogP contribution < -0.4 is 9.47 Å². The number of hydrogen-bond donors (Lipinski definition) is 1. The lowest BCUT2D eigenvalue weighted by molar-refractivity contribution is 0.162. The molecule has 0 bridgehead atoms. The first-order valence-corrected chi connectivity index (χ1v) is 5.37. The van der Waals surface area contributed by atoms with Gasteiger partial charge in [0.25, 0.3) is 0 Å². The van der Waals surface area contributed by atoms with E-state index >= 15 is 0 Å². The Bertz CT molecular complexity index is 362. The summed E-state index contributed by atoms with van der Waals surface area (Å²) in [6, 6.07) is 3.92. The molecular weight excluding hydrogens is 208 g/mol. The van der Waals surface area contributed by atoms with E-state index in [-0.39, 0.29) is 13.4 Å². The highest BCUT2D eigenvalue weighted by Crippen LogP contribution is 2.38. The Labute approximate surface area is 94.8 Å². The average molecular weight is 224 g/mol. The molecule has 0 aliphatic carbocycles. The minimum absolute atomic E-state index is 0.195. The Kier molecular flexibility index (Phi) is 3.64. The normalized spacial score (nSPS) is 13.1. The molecule has 0 aromatic heterocycles. The molecule has 4 heteroatoms. The van der Waals surface area contributed by atoms with E-state index in [1.807, 2.05) is 12.1 Å². The third kappa shape index (κ3) is 2.13. The molecule has 0 saturated carbocycles. The van der Waals surface area contributed by atoms with Crippen LogP contribution in [0, 0.1) is 0 Å². The molecule has 1 aliphatic heterocycles. The van der Waals surface area contributed by atoms with Gasteiger partial charge in [-0.3, -0.25) is 0 Å². The lowest BCUT2D eigenvalue weighted by atomic mass is 10.0. The number of fused-ring (bicyclic) bond motifs is 1. The zero-order valence-electron chi connectivity index (χ0n) is 9.36. The zero-order chi connectivity index (χ0) is 11.4. The summed E-state index contributed by atoms with van der Waals surface area (Å²) < 4.78 is 15.9. The summed E-state index contributed by atoms with van der Waals surface area (Å²) in [5.74, 6) is 1.57. The summed E-state index contributed by atoms with van der Waals surface area (Å²) in [7, 11) is 1.66. The topological polar surface area (TPSA) is 47.9 Å². The highest BCUT2D eigenvalue weighted by Gasteiger charge is 2.20. The van der Waals surface area contributed by atoms with E-state index in [1.54, 1.807) is 7.11 Å². The van der Waals surface area contributed by atoms with Crippen LogP contribution in [0.2, 0.25) is 0 Å². The summed E-state index contributed by atoms with van der Waals surface area (Å²) in [6.07, 6.45) is 1.57. The highest BCUT2D eigenvalue weighted by molar-refractivity contribution is 5.52. The predicted octanol–water partition coefficient (Wildman–Crippen LogP) is 1.49. The fourth-order valence-corrected chi connectivity index (χ4v) is 1.88. The summed E-state index contributed by atoms with van der Waals surface area (Å²) in [5.41, 5.74) is 2.19. The first-order chi connectivity index (χ1) is 7.86. The van der Waals surface area contributed by atoms with Crippen molar-refractivity contribution in [2.45, 2.75) is 19.4 Å². The van der Waals surface area contributed by atoms with Crippen molar-refractivity contribution < 1.29 is 19.3 Å². The van der Waals surface area contributed by atoms with Crippen molar-refractivity contribution in [3.63, 3.8) is 0 Å². The second-order valence-corrected chi connectivity index (χ2v) is 3.70. The maximum atomic E-state index is 8.85. The number of rotatable bonds is 5. The smallest absolute Gasteiger partial charge is 0.231 e. The van der Waals surface area contributed by atoms with Crippen molar-refractivity contribution in [2.75, 3.05) is 20.5 Å². The zero-order valence-corrected chi connectivity index (χ0v) is 9.36. The lowest BCUT2D eigenvalue weighted by Gasteiger charge is -2.11. The van der Waals surface area contributed by atoms with Crippen LogP contribution in [-0.4, -0.2) is 25.6 Å². The van der Waals surface area contributed by atoms with Gasteiger partial charge in [-0.25, -0.2) is 0 Å². The Morgan fingerprint density at radius 3 is 3.00 bits per heavy atom. The van der Waals surface area contributed by atoms with Crippen LogP contribution in [0.1, 0.15) is 17.5 Å². The maximum absolute atomic E-state index is 8.85. The first-order valence-electron chi connectivity index (χ1n) is 5.37. The van der Waals surface area contributed by atoms with Crippen molar-refractivity contribution in [3.05, 3.63) is 23.3 Å². The molecule has 1 N–H and O–H groups in total. The van der Waals surface area contributed by atoms with E-state index in [1.165, 1.54) is 0 Å². The summed E-state index contributed by atoms with van der Waals surface area (Å²) in [6.45, 7) is 0.976. The standard InChI is InChI=1S/C12H16O4/c1-14-7-10-9(3-2-6-13)4-5-11-12(10)16-8-15-11/h4-5,13H,2-3,6-8H2,1H3. The molecule has 1 aromatic rings. The Balaban J connectivity index is 2.29. The van der Waals surface area contributed by atoms with Gasteiger partial charge in [0.05, 0.1) is 6.61 Å². The first kappa shape index (κ1) is 11.2. The van der Waals surface area contributed by atoms with E-state index in [9.17, 15) is 0 Å². The van der Waals surface area contributed by atoms with Gasteiger partial charge in [0.15, 0.2) is 11.5 Å². The van der Waals surface area contributed by atoms with Crippen molar-refractivity contribution in [1.29, 1.82) is 0 Å².